The summed E-state index contributed by atoms with van der Waals surface area (Å²) in [7, 11) is 0. The first-order chi connectivity index (χ1) is 17.9. The van der Waals surface area contributed by atoms with E-state index in [9.17, 15) is 14.4 Å². The Bertz CT molecular complexity index is 1430. The Morgan fingerprint density at radius 3 is 2.62 bits per heavy atom. The van der Waals surface area contributed by atoms with E-state index in [1.165, 1.54) is 0 Å². The number of nitrogens with one attached hydrogen (secondary N) is 1. The number of esters is 1. The number of carbonyl (C=O) groups is 3. The first-order valence-electron chi connectivity index (χ1n) is 11.6. The molecule has 3 aliphatic rings. The lowest BCUT2D eigenvalue weighted by Crippen LogP contribution is -2.33. The van der Waals surface area contributed by atoms with E-state index < -0.39 is 28.6 Å². The second-order valence-electron chi connectivity index (χ2n) is 8.80. The number of hydrazone groups is 1. The summed E-state index contributed by atoms with van der Waals surface area (Å²) in [6.45, 7) is 0. The maximum atomic E-state index is 12.3. The van der Waals surface area contributed by atoms with Crippen molar-refractivity contribution in [3.8, 4) is 11.5 Å². The predicted molar refractivity (Wildman–Crippen MR) is 141 cm³/mol. The summed E-state index contributed by atoms with van der Waals surface area (Å²) in [5.41, 5.74) is 3.99. The van der Waals surface area contributed by atoms with Gasteiger partial charge in [0.15, 0.2) is 0 Å². The smallest absolute Gasteiger partial charge is 0.312 e. The van der Waals surface area contributed by atoms with E-state index in [1.807, 2.05) is 47.5 Å². The van der Waals surface area contributed by atoms with Gasteiger partial charge in [0.1, 0.15) is 16.7 Å². The molecule has 6 rings (SSSR count). The van der Waals surface area contributed by atoms with Gasteiger partial charge in [0.05, 0.1) is 18.2 Å². The maximum Gasteiger partial charge on any atom is 0.312 e. The fourth-order valence-electron chi connectivity index (χ4n) is 4.64. The van der Waals surface area contributed by atoms with Crippen molar-refractivity contribution in [2.75, 3.05) is 0 Å². The molecule has 3 heterocycles. The summed E-state index contributed by atoms with van der Waals surface area (Å²) in [6, 6.07) is 23.2. The number of hydrogen-bond donors (Lipinski definition) is 1. The average molecular weight is 578 g/mol. The fraction of sp³-hybridized carbons (Fsp3) is 0.185. The molecule has 0 saturated carbocycles. The number of rotatable bonds is 5. The van der Waals surface area contributed by atoms with Gasteiger partial charge in [-0.25, -0.2) is 5.01 Å². The summed E-state index contributed by atoms with van der Waals surface area (Å²) in [5, 5.41) is 7.91. The van der Waals surface area contributed by atoms with Gasteiger partial charge in [0.2, 0.25) is 12.1 Å². The van der Waals surface area contributed by atoms with Gasteiger partial charge in [-0.2, -0.15) is 5.10 Å². The van der Waals surface area contributed by atoms with Crippen molar-refractivity contribution >= 4 is 50.5 Å². The van der Waals surface area contributed by atoms with Crippen LogP contribution < -0.4 is 14.8 Å². The number of hydrogen-bond acceptors (Lipinski definition) is 8. The van der Waals surface area contributed by atoms with Crippen molar-refractivity contribution in [1.82, 2.24) is 10.3 Å². The molecule has 0 unspecified atom stereocenters. The van der Waals surface area contributed by atoms with Gasteiger partial charge in [0.25, 0.3) is 5.24 Å². The van der Waals surface area contributed by atoms with Crippen molar-refractivity contribution in [2.45, 2.75) is 30.4 Å². The van der Waals surface area contributed by atoms with E-state index in [1.54, 1.807) is 12.1 Å². The maximum absolute atomic E-state index is 12.3. The van der Waals surface area contributed by atoms with Gasteiger partial charge >= 0.3 is 5.97 Å². The molecule has 1 N–H and O–H groups in total. The third-order valence-corrected chi connectivity index (χ3v) is 7.85. The van der Waals surface area contributed by atoms with Crippen LogP contribution in [0.5, 0.6) is 11.5 Å². The second-order valence-corrected chi connectivity index (χ2v) is 10.9. The van der Waals surface area contributed by atoms with Crippen LogP contribution in [-0.2, 0) is 9.59 Å². The molecule has 8 nitrogen and oxygen atoms in total. The van der Waals surface area contributed by atoms with E-state index in [2.05, 4.69) is 39.4 Å². The van der Waals surface area contributed by atoms with Crippen LogP contribution in [0.4, 0.5) is 4.79 Å². The lowest BCUT2D eigenvalue weighted by Gasteiger charge is -2.38. The van der Waals surface area contributed by atoms with E-state index in [0.717, 1.165) is 50.8 Å². The van der Waals surface area contributed by atoms with Gasteiger partial charge in [-0.05, 0) is 48.0 Å². The standard InChI is InChI=1S/C27H20BrN3O5S/c28-17-8-11-22-19(12-17)21-13-20(15-4-2-1-3-5-15)30-31(21)26(36-22)16-6-9-18(10-7-16)35-24(32)14-23-25(33)29-27(34)37-23/h1-12,21,23,26H,13-14H2,(H,29,33,34)/t21-,23+,26+/m0/s1. The van der Waals surface area contributed by atoms with Gasteiger partial charge in [-0.1, -0.05) is 58.0 Å². The summed E-state index contributed by atoms with van der Waals surface area (Å²) in [5.74, 6) is 0.0892. The Morgan fingerprint density at radius 2 is 1.89 bits per heavy atom. The molecule has 3 atom stereocenters. The molecule has 0 bridgehead atoms. The third kappa shape index (κ3) is 4.74. The predicted octanol–water partition coefficient (Wildman–Crippen LogP) is 5.34. The SMILES string of the molecule is O=C(C[C@H]1SC(=O)NC1=O)Oc1ccc([C@H]2Oc3ccc(Br)cc3[C@@H]3CC(c4ccccc4)=NN23)cc1. The summed E-state index contributed by atoms with van der Waals surface area (Å²) in [4.78, 5) is 35.3. The van der Waals surface area contributed by atoms with Crippen LogP contribution >= 0.6 is 27.7 Å². The first-order valence-corrected chi connectivity index (χ1v) is 13.3. The first kappa shape index (κ1) is 23.7. The minimum atomic E-state index is -0.765. The van der Waals surface area contributed by atoms with Crippen molar-refractivity contribution in [3.63, 3.8) is 0 Å². The molecule has 0 aliphatic carbocycles. The number of imide groups is 1. The minimum absolute atomic E-state index is 0.0109. The van der Waals surface area contributed by atoms with Crippen molar-refractivity contribution in [3.05, 3.63) is 94.0 Å². The molecule has 0 spiro atoms. The highest BCUT2D eigenvalue weighted by atomic mass is 79.9. The number of ether oxygens (including phenoxy) is 2. The number of nitrogens with zero attached hydrogens (tertiary/aromatic N) is 2. The molecule has 10 heteroatoms. The van der Waals surface area contributed by atoms with Gasteiger partial charge in [0, 0.05) is 22.0 Å². The Morgan fingerprint density at radius 1 is 1.11 bits per heavy atom. The molecular weight excluding hydrogens is 558 g/mol. The number of fused-ring (bicyclic) bond motifs is 3. The second kappa shape index (κ2) is 9.68. The van der Waals surface area contributed by atoms with E-state index in [0.29, 0.717) is 5.75 Å². The van der Waals surface area contributed by atoms with Crippen LogP contribution in [0.2, 0.25) is 0 Å². The zero-order valence-electron chi connectivity index (χ0n) is 19.3. The molecular formula is C27H20BrN3O5S. The topological polar surface area (TPSA) is 97.3 Å². The zero-order valence-corrected chi connectivity index (χ0v) is 21.7. The largest absolute Gasteiger partial charge is 0.464 e. The number of amides is 2. The summed E-state index contributed by atoms with van der Waals surface area (Å²) >= 11 is 4.37. The minimum Gasteiger partial charge on any atom is -0.464 e. The molecule has 1 saturated heterocycles. The molecule has 3 aromatic rings. The highest BCUT2D eigenvalue weighted by Gasteiger charge is 2.41. The highest BCUT2D eigenvalue weighted by molar-refractivity contribution is 9.10. The number of thioether (sulfide) groups is 1. The van der Waals surface area contributed by atoms with Gasteiger partial charge in [-0.3, -0.25) is 19.7 Å². The van der Waals surface area contributed by atoms with Crippen LogP contribution in [0, 0.1) is 0 Å². The average Bonchev–Trinajstić information content (AvgIpc) is 3.48. The number of halogens is 1. The summed E-state index contributed by atoms with van der Waals surface area (Å²) in [6.07, 6.45) is 0.0986. The van der Waals surface area contributed by atoms with E-state index in [-0.39, 0.29) is 12.5 Å². The molecule has 0 aromatic heterocycles. The lowest BCUT2D eigenvalue weighted by molar-refractivity contribution is -0.135. The molecule has 1 fully saturated rings. The van der Waals surface area contributed by atoms with Crippen molar-refractivity contribution in [2.24, 2.45) is 5.10 Å². The summed E-state index contributed by atoms with van der Waals surface area (Å²) < 4.78 is 12.8. The number of carbonyl (C=O) groups excluding carboxylic acids is 3. The Hall–Kier alpha value is -3.63. The van der Waals surface area contributed by atoms with E-state index in [4.69, 9.17) is 14.6 Å². The lowest BCUT2D eigenvalue weighted by atomic mass is 9.96. The fourth-order valence-corrected chi connectivity index (χ4v) is 5.82. The van der Waals surface area contributed by atoms with Crippen LogP contribution in [-0.4, -0.2) is 33.1 Å². The number of benzene rings is 3. The van der Waals surface area contributed by atoms with Crippen LogP contribution in [0.1, 0.15) is 41.8 Å². The molecule has 0 radical (unpaired) electrons. The molecule has 186 valence electrons. The van der Waals surface area contributed by atoms with Crippen LogP contribution in [0.3, 0.4) is 0 Å². The molecule has 3 aromatic carbocycles. The quantitative estimate of drug-likeness (QED) is 0.323. The monoisotopic (exact) mass is 577 g/mol. The molecule has 2 amide bonds. The Labute approximate surface area is 225 Å². The Kier molecular flexibility index (Phi) is 6.21. The normalized spacial score (nSPS) is 22.0. The van der Waals surface area contributed by atoms with Gasteiger partial charge in [-0.15, -0.1) is 0 Å². The Balaban J connectivity index is 1.23. The third-order valence-electron chi connectivity index (χ3n) is 6.37. The van der Waals surface area contributed by atoms with Crippen LogP contribution in [0.15, 0.2) is 82.4 Å². The highest BCUT2D eigenvalue weighted by Crippen LogP contribution is 2.48. The van der Waals surface area contributed by atoms with Crippen molar-refractivity contribution < 1.29 is 23.9 Å². The molecule has 37 heavy (non-hydrogen) atoms. The molecule has 3 aliphatic heterocycles. The van der Waals surface area contributed by atoms with Crippen LogP contribution in [0.25, 0.3) is 0 Å². The zero-order chi connectivity index (χ0) is 25.5. The van der Waals surface area contributed by atoms with Gasteiger partial charge < -0.3 is 9.47 Å². The van der Waals surface area contributed by atoms with E-state index >= 15 is 0 Å². The van der Waals surface area contributed by atoms with Crippen molar-refractivity contribution in [1.29, 1.82) is 0 Å².